The van der Waals surface area contributed by atoms with Crippen LogP contribution in [0.25, 0.3) is 0 Å². The van der Waals surface area contributed by atoms with E-state index in [2.05, 4.69) is 15.9 Å². The van der Waals surface area contributed by atoms with E-state index in [0.717, 1.165) is 34.4 Å². The summed E-state index contributed by atoms with van der Waals surface area (Å²) in [6.07, 6.45) is 6.13. The van der Waals surface area contributed by atoms with Crippen molar-refractivity contribution in [3.05, 3.63) is 33.8 Å². The number of hydrogen-bond acceptors (Lipinski definition) is 0. The Morgan fingerprint density at radius 2 is 1.88 bits per heavy atom. The maximum absolute atomic E-state index is 6.12. The molecule has 0 aliphatic heterocycles. The van der Waals surface area contributed by atoms with E-state index in [1.807, 2.05) is 18.2 Å². The van der Waals surface area contributed by atoms with Gasteiger partial charge in [0.25, 0.3) is 0 Å². The molecule has 16 heavy (non-hydrogen) atoms. The third-order valence-corrected chi connectivity index (χ3v) is 5.02. The van der Waals surface area contributed by atoms with E-state index in [4.69, 9.17) is 23.2 Å². The molecular weight excluding hydrogens is 307 g/mol. The van der Waals surface area contributed by atoms with Crippen molar-refractivity contribution in [2.45, 2.75) is 36.9 Å². The van der Waals surface area contributed by atoms with Crippen LogP contribution in [0.5, 0.6) is 0 Å². The third kappa shape index (κ3) is 3.38. The van der Waals surface area contributed by atoms with Crippen LogP contribution in [0.3, 0.4) is 0 Å². The van der Waals surface area contributed by atoms with Gasteiger partial charge in [0.05, 0.1) is 0 Å². The van der Waals surface area contributed by atoms with Gasteiger partial charge >= 0.3 is 0 Å². The van der Waals surface area contributed by atoms with Crippen molar-refractivity contribution in [3.8, 4) is 0 Å². The van der Waals surface area contributed by atoms with Gasteiger partial charge in [0.1, 0.15) is 0 Å². The Morgan fingerprint density at radius 1 is 1.25 bits per heavy atom. The Bertz CT molecular complexity index is 341. The van der Waals surface area contributed by atoms with Gasteiger partial charge in [-0.2, -0.15) is 0 Å². The van der Waals surface area contributed by atoms with Gasteiger partial charge in [0, 0.05) is 14.9 Å². The van der Waals surface area contributed by atoms with Crippen LogP contribution in [0.2, 0.25) is 10.0 Å². The summed E-state index contributed by atoms with van der Waals surface area (Å²) in [6, 6.07) is 5.72. The normalized spacial score (nSPS) is 17.4. The fraction of sp³-hybridized carbons (Fsp3) is 0.538. The van der Waals surface area contributed by atoms with E-state index in [1.165, 1.54) is 19.3 Å². The van der Waals surface area contributed by atoms with Crippen LogP contribution in [-0.2, 0) is 6.42 Å². The van der Waals surface area contributed by atoms with Gasteiger partial charge in [-0.15, -0.1) is 0 Å². The second-order valence-electron chi connectivity index (χ2n) is 4.45. The molecule has 88 valence electrons. The Kier molecular flexibility index (Phi) is 4.57. The average molecular weight is 322 g/mol. The fourth-order valence-electron chi connectivity index (χ4n) is 1.94. The first-order valence-electron chi connectivity index (χ1n) is 5.75. The Morgan fingerprint density at radius 3 is 2.44 bits per heavy atom. The fourth-order valence-corrected chi connectivity index (χ4v) is 3.38. The Balaban J connectivity index is 1.84. The minimum absolute atomic E-state index is 0.689. The average Bonchev–Trinajstić information content (AvgIpc) is 3.05. The van der Waals surface area contributed by atoms with Crippen LogP contribution in [0, 0.1) is 5.92 Å². The molecule has 0 bridgehead atoms. The Labute approximate surface area is 115 Å². The molecule has 1 saturated carbocycles. The molecular formula is C13H15BrCl2. The molecule has 1 atom stereocenters. The molecule has 0 nitrogen and oxygen atoms in total. The van der Waals surface area contributed by atoms with E-state index in [-0.39, 0.29) is 0 Å². The van der Waals surface area contributed by atoms with Gasteiger partial charge < -0.3 is 0 Å². The summed E-state index contributed by atoms with van der Waals surface area (Å²) in [5.41, 5.74) is 1.10. The van der Waals surface area contributed by atoms with Crippen LogP contribution < -0.4 is 0 Å². The predicted octanol–water partition coefficient (Wildman–Crippen LogP) is 5.49. The van der Waals surface area contributed by atoms with Gasteiger partial charge in [-0.25, -0.2) is 0 Å². The second kappa shape index (κ2) is 5.75. The molecule has 1 unspecified atom stereocenters. The molecule has 3 heteroatoms. The predicted molar refractivity (Wildman–Crippen MR) is 74.8 cm³/mol. The summed E-state index contributed by atoms with van der Waals surface area (Å²) in [7, 11) is 0. The summed E-state index contributed by atoms with van der Waals surface area (Å²) >= 11 is 16.0. The zero-order valence-corrected chi connectivity index (χ0v) is 12.2. The van der Waals surface area contributed by atoms with Crippen LogP contribution in [-0.4, -0.2) is 4.83 Å². The van der Waals surface area contributed by atoms with Crippen molar-refractivity contribution in [1.82, 2.24) is 0 Å². The zero-order valence-electron chi connectivity index (χ0n) is 9.06. The first kappa shape index (κ1) is 12.7. The van der Waals surface area contributed by atoms with E-state index in [9.17, 15) is 0 Å². The smallest absolute Gasteiger partial charge is 0.0452 e. The minimum Gasteiger partial charge on any atom is -0.0888 e. The van der Waals surface area contributed by atoms with Crippen molar-refractivity contribution in [1.29, 1.82) is 0 Å². The van der Waals surface area contributed by atoms with Crippen molar-refractivity contribution < 1.29 is 0 Å². The standard InChI is InChI=1S/C13H15BrCl2/c14-11(9-7-8-9)4-1-3-10-12(15)5-2-6-13(10)16/h2,5-6,9,11H,1,3-4,7-8H2. The van der Waals surface area contributed by atoms with E-state index >= 15 is 0 Å². The van der Waals surface area contributed by atoms with Gasteiger partial charge in [0.15, 0.2) is 0 Å². The van der Waals surface area contributed by atoms with E-state index in [0.29, 0.717) is 4.83 Å². The van der Waals surface area contributed by atoms with Crippen LogP contribution in [0.1, 0.15) is 31.2 Å². The highest BCUT2D eigenvalue weighted by Crippen LogP contribution is 2.39. The highest BCUT2D eigenvalue weighted by atomic mass is 79.9. The molecule has 0 radical (unpaired) electrons. The largest absolute Gasteiger partial charge is 0.0888 e. The molecule has 1 aromatic rings. The zero-order chi connectivity index (χ0) is 11.5. The van der Waals surface area contributed by atoms with Crippen LogP contribution in [0.15, 0.2) is 18.2 Å². The van der Waals surface area contributed by atoms with Gasteiger partial charge in [-0.05, 0) is 55.7 Å². The second-order valence-corrected chi connectivity index (χ2v) is 6.44. The molecule has 0 heterocycles. The lowest BCUT2D eigenvalue weighted by molar-refractivity contribution is 0.654. The van der Waals surface area contributed by atoms with E-state index in [1.54, 1.807) is 0 Å². The summed E-state index contributed by atoms with van der Waals surface area (Å²) in [5.74, 6) is 0.918. The summed E-state index contributed by atoms with van der Waals surface area (Å²) in [6.45, 7) is 0. The maximum Gasteiger partial charge on any atom is 0.0452 e. The molecule has 1 aliphatic carbocycles. The molecule has 1 aliphatic rings. The number of halogens is 3. The lowest BCUT2D eigenvalue weighted by Gasteiger charge is -2.09. The summed E-state index contributed by atoms with van der Waals surface area (Å²) < 4.78 is 0. The summed E-state index contributed by atoms with van der Waals surface area (Å²) in [5, 5.41) is 1.59. The first-order valence-corrected chi connectivity index (χ1v) is 7.42. The molecule has 0 amide bonds. The first-order chi connectivity index (χ1) is 7.68. The minimum atomic E-state index is 0.689. The Hall–Kier alpha value is 0.280. The topological polar surface area (TPSA) is 0 Å². The van der Waals surface area contributed by atoms with Gasteiger partial charge in [0.2, 0.25) is 0 Å². The molecule has 1 fully saturated rings. The highest BCUT2D eigenvalue weighted by Gasteiger charge is 2.28. The molecule has 0 saturated heterocycles. The third-order valence-electron chi connectivity index (χ3n) is 3.10. The lowest BCUT2D eigenvalue weighted by atomic mass is 10.1. The van der Waals surface area contributed by atoms with Crippen LogP contribution in [0.4, 0.5) is 0 Å². The number of rotatable bonds is 5. The monoisotopic (exact) mass is 320 g/mol. The SMILES string of the molecule is Clc1cccc(Cl)c1CCCC(Br)C1CC1. The van der Waals surface area contributed by atoms with Crippen molar-refractivity contribution >= 4 is 39.1 Å². The molecule has 0 aromatic heterocycles. The van der Waals surface area contributed by atoms with Gasteiger partial charge in [-0.1, -0.05) is 45.2 Å². The quantitative estimate of drug-likeness (QED) is 0.629. The lowest BCUT2D eigenvalue weighted by Crippen LogP contribution is -2.01. The molecule has 1 aromatic carbocycles. The summed E-state index contributed by atoms with van der Waals surface area (Å²) in [4.78, 5) is 0.689. The number of alkyl halides is 1. The van der Waals surface area contributed by atoms with Crippen molar-refractivity contribution in [3.63, 3.8) is 0 Å². The number of hydrogen-bond donors (Lipinski definition) is 0. The van der Waals surface area contributed by atoms with Gasteiger partial charge in [-0.3, -0.25) is 0 Å². The van der Waals surface area contributed by atoms with Crippen molar-refractivity contribution in [2.24, 2.45) is 5.92 Å². The molecule has 0 spiro atoms. The van der Waals surface area contributed by atoms with Crippen LogP contribution >= 0.6 is 39.1 Å². The molecule has 2 rings (SSSR count). The molecule has 0 N–H and O–H groups in total. The number of benzene rings is 1. The van der Waals surface area contributed by atoms with Crippen molar-refractivity contribution in [2.75, 3.05) is 0 Å². The maximum atomic E-state index is 6.12. The van der Waals surface area contributed by atoms with E-state index < -0.39 is 0 Å². The highest BCUT2D eigenvalue weighted by molar-refractivity contribution is 9.09.